The van der Waals surface area contributed by atoms with E-state index in [0.717, 1.165) is 0 Å². The minimum absolute atomic E-state index is 0.0102. The predicted octanol–water partition coefficient (Wildman–Crippen LogP) is -2.46. The molecular weight excluding hydrogens is 1130 g/mol. The van der Waals surface area contributed by atoms with Crippen LogP contribution in [0.3, 0.4) is 0 Å². The average Bonchev–Trinajstić information content (AvgIpc) is 3.65. The third kappa shape index (κ3) is 26.7. The number of benzene rings is 2. The summed E-state index contributed by atoms with van der Waals surface area (Å²) in [5.41, 5.74) is 12.2. The first-order valence-corrected chi connectivity index (χ1v) is 28.3. The quantitative estimate of drug-likeness (QED) is 0.0309. The molecule has 0 aliphatic heterocycles. The summed E-state index contributed by atoms with van der Waals surface area (Å²) in [5, 5.41) is 81.5. The number of aliphatic hydroxyl groups is 2. The minimum Gasteiger partial charge on any atom is -0.508 e. The van der Waals surface area contributed by atoms with E-state index in [4.69, 9.17) is 11.5 Å². The second-order valence-electron chi connectivity index (χ2n) is 22.1. The van der Waals surface area contributed by atoms with E-state index in [-0.39, 0.29) is 49.7 Å². The van der Waals surface area contributed by atoms with Crippen molar-refractivity contribution < 1.29 is 88.2 Å². The van der Waals surface area contributed by atoms with E-state index < -0.39 is 169 Å². The Morgan fingerprint density at radius 2 is 0.895 bits per heavy atom. The Balaban J connectivity index is 2.53. The number of carbonyl (C=O) groups excluding carboxylic acids is 9. The highest BCUT2D eigenvalue weighted by Gasteiger charge is 2.38. The number of nitrogens with one attached hydrogen (secondary N) is 9. The summed E-state index contributed by atoms with van der Waals surface area (Å²) in [5.74, 6) is -15.2. The molecule has 86 heavy (non-hydrogen) atoms. The van der Waals surface area contributed by atoms with Crippen molar-refractivity contribution in [3.05, 3.63) is 65.7 Å². The van der Waals surface area contributed by atoms with Gasteiger partial charge < -0.3 is 90.0 Å². The minimum atomic E-state index is -1.88. The van der Waals surface area contributed by atoms with Crippen LogP contribution in [0.4, 0.5) is 0 Å². The number of aliphatic carboxylic acids is 3. The van der Waals surface area contributed by atoms with Crippen LogP contribution in [0.5, 0.6) is 5.75 Å². The van der Waals surface area contributed by atoms with Crippen molar-refractivity contribution in [3.8, 4) is 5.75 Å². The van der Waals surface area contributed by atoms with Gasteiger partial charge in [0.25, 0.3) is 0 Å². The number of hydrogen-bond donors (Lipinski definition) is 17. The third-order valence-corrected chi connectivity index (χ3v) is 13.3. The fourth-order valence-electron chi connectivity index (χ4n) is 8.63. The third-order valence-electron chi connectivity index (χ3n) is 13.3. The SMILES string of the molecule is CC(C)C[C@H](NC(=O)[C@@H](NC(=O)[C@H](Cc1ccccc1)NC(=O)[C@H](Cc1ccc(O)cc1)NC(=O)[C@H](CCC(=O)O)NC(=O)[C@@H](NC(=O)[C@H](CC(C)C)NC(=O)[C@H](CC(=O)O)NC(=O)[C@H](CO)NC(=O)[C@@H](N)CCCCN)C(C)C)[C@@H](C)O)C(=O)O. The molecule has 478 valence electrons. The standard InChI is InChI=1S/C57H87N11O18/c1-29(2)23-38(61-51(79)41(27-45(74)75)64-54(82)43(28-69)66-48(76)36(59)15-11-12-22-58)52(80)67-46(31(5)6)55(83)60-37(20-21-44(72)73)49(77)62-39(26-34-16-18-35(71)19-17-34)50(78)63-40(25-33-13-9-8-10-14-33)53(81)68-47(32(7)70)56(84)65-42(57(85)86)24-30(3)4/h8-10,13-14,16-19,29-32,36-43,46-47,69-71H,11-12,15,20-28,58-59H2,1-7H3,(H,60,83)(H,61,79)(H,62,77)(H,63,78)(H,64,82)(H,65,84)(H,66,76)(H,67,80)(H,68,81)(H,72,73)(H,74,75)(H,85,86)/t32-,36+,37+,38+,39+,40+,41+,42+,43+,46+,47+/m1/s1. The normalized spacial score (nSPS) is 15.1. The molecule has 0 spiro atoms. The molecule has 9 amide bonds. The molecule has 29 nitrogen and oxygen atoms in total. The topological polar surface area (TPSA) is 487 Å². The Kier molecular flexibility index (Phi) is 31.9. The van der Waals surface area contributed by atoms with Gasteiger partial charge in [0.2, 0.25) is 53.2 Å². The second-order valence-corrected chi connectivity index (χ2v) is 22.1. The van der Waals surface area contributed by atoms with Gasteiger partial charge in [0, 0.05) is 19.3 Å². The summed E-state index contributed by atoms with van der Waals surface area (Å²) in [6, 6.07) is -2.16. The molecule has 11 atom stereocenters. The van der Waals surface area contributed by atoms with Gasteiger partial charge in [0.15, 0.2) is 0 Å². The maximum absolute atomic E-state index is 14.6. The van der Waals surface area contributed by atoms with E-state index in [1.165, 1.54) is 45.0 Å². The van der Waals surface area contributed by atoms with Crippen molar-refractivity contribution in [2.45, 2.75) is 179 Å². The number of amides is 9. The van der Waals surface area contributed by atoms with Gasteiger partial charge in [0.05, 0.1) is 25.2 Å². The molecule has 0 aromatic heterocycles. The van der Waals surface area contributed by atoms with E-state index >= 15 is 0 Å². The van der Waals surface area contributed by atoms with E-state index in [2.05, 4.69) is 47.9 Å². The average molecular weight is 1210 g/mol. The number of aromatic hydroxyl groups is 1. The Hall–Kier alpha value is -8.28. The molecule has 0 radical (unpaired) electrons. The molecule has 0 aliphatic carbocycles. The Labute approximate surface area is 498 Å². The number of aliphatic hydroxyl groups excluding tert-OH is 2. The lowest BCUT2D eigenvalue weighted by Crippen LogP contribution is -2.62. The predicted molar refractivity (Wildman–Crippen MR) is 309 cm³/mol. The Morgan fingerprint density at radius 1 is 0.465 bits per heavy atom. The van der Waals surface area contributed by atoms with Gasteiger partial charge in [-0.05, 0) is 86.6 Å². The van der Waals surface area contributed by atoms with E-state index in [1.54, 1.807) is 58.0 Å². The van der Waals surface area contributed by atoms with Crippen LogP contribution in [-0.2, 0) is 70.4 Å². The van der Waals surface area contributed by atoms with E-state index in [1.807, 2.05) is 0 Å². The first kappa shape index (κ1) is 73.8. The maximum Gasteiger partial charge on any atom is 0.326 e. The second kappa shape index (κ2) is 37.2. The summed E-state index contributed by atoms with van der Waals surface area (Å²) < 4.78 is 0. The molecular formula is C57H87N11O18. The van der Waals surface area contributed by atoms with Crippen LogP contribution in [0, 0.1) is 17.8 Å². The number of hydrogen-bond acceptors (Lipinski definition) is 17. The van der Waals surface area contributed by atoms with Crippen LogP contribution in [-0.4, -0.2) is 181 Å². The number of carboxylic acids is 3. The molecule has 0 bridgehead atoms. The van der Waals surface area contributed by atoms with Gasteiger partial charge in [-0.1, -0.05) is 90.4 Å². The van der Waals surface area contributed by atoms with Crippen molar-refractivity contribution in [1.82, 2.24) is 47.9 Å². The Bertz CT molecular complexity index is 2610. The van der Waals surface area contributed by atoms with Gasteiger partial charge in [-0.25, -0.2) is 4.79 Å². The fourth-order valence-corrected chi connectivity index (χ4v) is 8.63. The van der Waals surface area contributed by atoms with Crippen LogP contribution in [0.1, 0.15) is 111 Å². The lowest BCUT2D eigenvalue weighted by atomic mass is 9.98. The fraction of sp³-hybridized carbons (Fsp3) is 0.579. The van der Waals surface area contributed by atoms with Crippen LogP contribution in [0.15, 0.2) is 54.6 Å². The summed E-state index contributed by atoms with van der Waals surface area (Å²) in [4.78, 5) is 161. The molecule has 0 unspecified atom stereocenters. The van der Waals surface area contributed by atoms with E-state index in [0.29, 0.717) is 30.5 Å². The van der Waals surface area contributed by atoms with E-state index in [9.17, 15) is 88.2 Å². The van der Waals surface area contributed by atoms with Crippen molar-refractivity contribution in [2.24, 2.45) is 29.2 Å². The molecule has 0 heterocycles. The molecule has 29 heteroatoms. The highest BCUT2D eigenvalue weighted by molar-refractivity contribution is 5.99. The first-order valence-electron chi connectivity index (χ1n) is 28.3. The molecule has 0 aliphatic rings. The lowest BCUT2D eigenvalue weighted by molar-refractivity contribution is -0.143. The Morgan fingerprint density at radius 3 is 1.40 bits per heavy atom. The molecule has 0 saturated heterocycles. The van der Waals surface area contributed by atoms with Gasteiger partial charge >= 0.3 is 17.9 Å². The largest absolute Gasteiger partial charge is 0.508 e. The van der Waals surface area contributed by atoms with Crippen molar-refractivity contribution in [1.29, 1.82) is 0 Å². The summed E-state index contributed by atoms with van der Waals surface area (Å²) >= 11 is 0. The highest BCUT2D eigenvalue weighted by atomic mass is 16.4. The van der Waals surface area contributed by atoms with Gasteiger partial charge in [-0.2, -0.15) is 0 Å². The number of carbonyl (C=O) groups is 12. The molecule has 19 N–H and O–H groups in total. The molecule has 0 saturated carbocycles. The summed E-state index contributed by atoms with van der Waals surface area (Å²) in [6.07, 6.45) is -3.40. The summed E-state index contributed by atoms with van der Waals surface area (Å²) in [6.45, 7) is 10.3. The smallest absolute Gasteiger partial charge is 0.326 e. The van der Waals surface area contributed by atoms with Crippen molar-refractivity contribution >= 4 is 71.1 Å². The van der Waals surface area contributed by atoms with Crippen LogP contribution in [0.2, 0.25) is 0 Å². The monoisotopic (exact) mass is 1210 g/mol. The highest BCUT2D eigenvalue weighted by Crippen LogP contribution is 2.15. The molecule has 2 rings (SSSR count). The molecule has 2 aromatic carbocycles. The molecule has 2 aromatic rings. The number of rotatable bonds is 39. The van der Waals surface area contributed by atoms with Crippen LogP contribution < -0.4 is 59.3 Å². The summed E-state index contributed by atoms with van der Waals surface area (Å²) in [7, 11) is 0. The zero-order valence-electron chi connectivity index (χ0n) is 49.5. The number of nitrogens with two attached hydrogens (primary N) is 2. The maximum atomic E-state index is 14.6. The van der Waals surface area contributed by atoms with Gasteiger partial charge in [0.1, 0.15) is 60.1 Å². The van der Waals surface area contributed by atoms with Crippen molar-refractivity contribution in [2.75, 3.05) is 13.2 Å². The van der Waals surface area contributed by atoms with Crippen LogP contribution >= 0.6 is 0 Å². The number of phenols is 1. The van der Waals surface area contributed by atoms with Crippen molar-refractivity contribution in [3.63, 3.8) is 0 Å². The lowest BCUT2D eigenvalue weighted by Gasteiger charge is -2.29. The number of phenolic OH excluding ortho intramolecular Hbond substituents is 1. The first-order chi connectivity index (χ1) is 40.4. The van der Waals surface area contributed by atoms with Gasteiger partial charge in [-0.3, -0.25) is 52.7 Å². The zero-order chi connectivity index (χ0) is 65.0. The number of unbranched alkanes of at least 4 members (excludes halogenated alkanes) is 1. The van der Waals surface area contributed by atoms with Crippen LogP contribution in [0.25, 0.3) is 0 Å². The van der Waals surface area contributed by atoms with Gasteiger partial charge in [-0.15, -0.1) is 0 Å². The zero-order valence-corrected chi connectivity index (χ0v) is 49.5. The molecule has 0 fully saturated rings. The number of carboxylic acid groups (broad SMARTS) is 3.